The van der Waals surface area contributed by atoms with Gasteiger partial charge in [-0.1, -0.05) is 65.9 Å². The topological polar surface area (TPSA) is 54.5 Å². The van der Waals surface area contributed by atoms with Gasteiger partial charge in [-0.3, -0.25) is 4.79 Å². The summed E-state index contributed by atoms with van der Waals surface area (Å²) in [4.78, 5) is 19.4. The number of hydrogen-bond acceptors (Lipinski definition) is 5. The third kappa shape index (κ3) is 6.01. The Morgan fingerprint density at radius 1 is 0.941 bits per heavy atom. The molecule has 1 saturated heterocycles. The molecule has 1 N–H and O–H groups in total. The maximum absolute atomic E-state index is 12.3. The van der Waals surface area contributed by atoms with Crippen molar-refractivity contribution in [1.82, 2.24) is 15.2 Å². The number of likely N-dealkylation sites (tertiary alicyclic amines) is 1. The summed E-state index contributed by atoms with van der Waals surface area (Å²) in [5.41, 5.74) is 3.34. The van der Waals surface area contributed by atoms with Crippen molar-refractivity contribution in [2.75, 3.05) is 19.6 Å². The highest BCUT2D eigenvalue weighted by molar-refractivity contribution is 7.20. The minimum absolute atomic E-state index is 0.123. The van der Waals surface area contributed by atoms with Crippen LogP contribution in [0, 0.1) is 0 Å². The number of para-hydroxylation sites is 1. The van der Waals surface area contributed by atoms with Crippen LogP contribution in [0.15, 0.2) is 78.9 Å². The Hall–Kier alpha value is -3.22. The first kappa shape index (κ1) is 22.6. The smallest absolute Gasteiger partial charge is 0.279 e. The second-order valence-electron chi connectivity index (χ2n) is 8.79. The molecule has 6 heteroatoms. The lowest BCUT2D eigenvalue weighted by atomic mass is 10.0. The van der Waals surface area contributed by atoms with Crippen molar-refractivity contribution in [3.63, 3.8) is 0 Å². The van der Waals surface area contributed by atoms with Gasteiger partial charge in [-0.05, 0) is 54.7 Å². The van der Waals surface area contributed by atoms with Gasteiger partial charge in [-0.2, -0.15) is 0 Å². The summed E-state index contributed by atoms with van der Waals surface area (Å²) in [6.07, 6.45) is 3.48. The minimum Gasteiger partial charge on any atom is -0.431 e. The average Bonchev–Trinajstić information content (AvgIpc) is 3.27. The summed E-state index contributed by atoms with van der Waals surface area (Å²) in [5, 5.41) is 3.89. The molecule has 0 radical (unpaired) electrons. The van der Waals surface area contributed by atoms with Crippen LogP contribution in [-0.2, 0) is 17.6 Å². The highest BCUT2D eigenvalue weighted by Crippen LogP contribution is 2.31. The lowest BCUT2D eigenvalue weighted by Crippen LogP contribution is -2.45. The van der Waals surface area contributed by atoms with Gasteiger partial charge in [0.25, 0.3) is 5.19 Å². The molecule has 3 aromatic carbocycles. The number of carbonyl (C=O) groups excluding carboxylic acids is 1. The number of piperidine rings is 1. The minimum atomic E-state index is 0.123. The highest BCUT2D eigenvalue weighted by Gasteiger charge is 2.20. The van der Waals surface area contributed by atoms with Gasteiger partial charge in [0.2, 0.25) is 5.91 Å². The molecule has 0 aliphatic carbocycles. The van der Waals surface area contributed by atoms with Gasteiger partial charge in [0.1, 0.15) is 5.75 Å². The van der Waals surface area contributed by atoms with Crippen LogP contribution < -0.4 is 10.1 Å². The van der Waals surface area contributed by atoms with Crippen LogP contribution in [0.3, 0.4) is 0 Å². The molecule has 4 aromatic rings. The maximum Gasteiger partial charge on any atom is 0.279 e. The molecule has 5 nitrogen and oxygen atoms in total. The summed E-state index contributed by atoms with van der Waals surface area (Å²) in [6, 6.07) is 26.6. The molecule has 1 aromatic heterocycles. The average molecular weight is 472 g/mol. The Labute approximate surface area is 204 Å². The van der Waals surface area contributed by atoms with Crippen LogP contribution in [0.1, 0.15) is 24.0 Å². The van der Waals surface area contributed by atoms with Gasteiger partial charge in [0, 0.05) is 25.7 Å². The molecule has 0 unspecified atom stereocenters. The van der Waals surface area contributed by atoms with E-state index in [0.29, 0.717) is 11.6 Å². The number of amides is 1. The van der Waals surface area contributed by atoms with Crippen LogP contribution in [0.25, 0.3) is 10.2 Å². The molecule has 0 spiro atoms. The van der Waals surface area contributed by atoms with E-state index < -0.39 is 0 Å². The number of rotatable bonds is 8. The first-order valence-electron chi connectivity index (χ1n) is 11.9. The molecular weight excluding hydrogens is 442 g/mol. The second kappa shape index (κ2) is 10.8. The molecule has 1 fully saturated rings. The number of nitrogens with one attached hydrogen (secondary N) is 1. The molecular formula is C28H29N3O2S. The lowest BCUT2D eigenvalue weighted by Gasteiger charge is -2.32. The number of carbonyl (C=O) groups is 1. The Balaban J connectivity index is 1.04. The van der Waals surface area contributed by atoms with E-state index in [0.717, 1.165) is 60.4 Å². The summed E-state index contributed by atoms with van der Waals surface area (Å²) >= 11 is 1.56. The van der Waals surface area contributed by atoms with Crippen molar-refractivity contribution in [3.05, 3.63) is 90.0 Å². The van der Waals surface area contributed by atoms with Crippen LogP contribution in [-0.4, -0.2) is 41.5 Å². The maximum atomic E-state index is 12.3. The van der Waals surface area contributed by atoms with Gasteiger partial charge in [0.15, 0.2) is 0 Å². The van der Waals surface area contributed by atoms with Crippen LogP contribution in [0.4, 0.5) is 0 Å². The largest absolute Gasteiger partial charge is 0.431 e. The standard InChI is InChI=1S/C28H29N3O2S/c32-27(20-22-6-2-1-3-7-22)29-23-15-18-31(19-16-23)17-14-21-10-12-24(13-11-21)33-28-30-25-8-4-5-9-26(25)34-28/h1-13,23H,14-20H2,(H,29,32). The SMILES string of the molecule is O=C(Cc1ccccc1)NC1CCN(CCc2ccc(Oc3nc4ccccc4s3)cc2)CC1. The second-order valence-corrected chi connectivity index (χ2v) is 9.78. The monoisotopic (exact) mass is 471 g/mol. The number of fused-ring (bicyclic) bond motifs is 1. The van der Waals surface area contributed by atoms with E-state index in [1.54, 1.807) is 11.3 Å². The predicted octanol–water partition coefficient (Wildman–Crippen LogP) is 5.45. The van der Waals surface area contributed by atoms with E-state index in [1.807, 2.05) is 60.7 Å². The normalized spacial score (nSPS) is 14.8. The molecule has 1 amide bonds. The predicted molar refractivity (Wildman–Crippen MR) is 138 cm³/mol. The van der Waals surface area contributed by atoms with Crippen molar-refractivity contribution in [3.8, 4) is 10.9 Å². The Kier molecular flexibility index (Phi) is 7.17. The van der Waals surface area contributed by atoms with E-state index in [1.165, 1.54) is 5.56 Å². The number of ether oxygens (including phenoxy) is 1. The number of nitrogens with zero attached hydrogens (tertiary/aromatic N) is 2. The zero-order valence-corrected chi connectivity index (χ0v) is 20.0. The number of thiazole rings is 1. The Morgan fingerprint density at radius 2 is 1.68 bits per heavy atom. The van der Waals surface area contributed by atoms with Crippen molar-refractivity contribution < 1.29 is 9.53 Å². The molecule has 2 heterocycles. The number of aromatic nitrogens is 1. The van der Waals surface area contributed by atoms with E-state index >= 15 is 0 Å². The molecule has 0 bridgehead atoms. The van der Waals surface area contributed by atoms with Crippen LogP contribution in [0.5, 0.6) is 10.9 Å². The highest BCUT2D eigenvalue weighted by atomic mass is 32.1. The number of hydrogen-bond donors (Lipinski definition) is 1. The lowest BCUT2D eigenvalue weighted by molar-refractivity contribution is -0.121. The molecule has 1 aliphatic rings. The van der Waals surface area contributed by atoms with E-state index in [2.05, 4.69) is 33.4 Å². The van der Waals surface area contributed by atoms with E-state index in [-0.39, 0.29) is 11.9 Å². The van der Waals surface area contributed by atoms with E-state index in [4.69, 9.17) is 4.74 Å². The fourth-order valence-corrected chi connectivity index (χ4v) is 5.20. The molecule has 174 valence electrons. The van der Waals surface area contributed by atoms with Crippen LogP contribution in [0.2, 0.25) is 0 Å². The summed E-state index contributed by atoms with van der Waals surface area (Å²) in [6.45, 7) is 3.08. The summed E-state index contributed by atoms with van der Waals surface area (Å²) in [5.74, 6) is 0.938. The number of benzene rings is 3. The van der Waals surface area contributed by atoms with Crippen molar-refractivity contribution >= 4 is 27.5 Å². The quantitative estimate of drug-likeness (QED) is 0.371. The molecule has 0 atom stereocenters. The molecule has 5 rings (SSSR count). The van der Waals surface area contributed by atoms with Gasteiger partial charge in [0.05, 0.1) is 16.6 Å². The summed E-state index contributed by atoms with van der Waals surface area (Å²) < 4.78 is 7.09. The zero-order valence-electron chi connectivity index (χ0n) is 19.2. The van der Waals surface area contributed by atoms with Crippen LogP contribution >= 0.6 is 11.3 Å². The Morgan fingerprint density at radius 3 is 2.44 bits per heavy atom. The van der Waals surface area contributed by atoms with Crippen molar-refractivity contribution in [2.45, 2.75) is 31.7 Å². The third-order valence-corrected chi connectivity index (χ3v) is 7.19. The van der Waals surface area contributed by atoms with Gasteiger partial charge < -0.3 is 15.0 Å². The molecule has 1 aliphatic heterocycles. The van der Waals surface area contributed by atoms with Gasteiger partial charge in [-0.15, -0.1) is 0 Å². The Bertz CT molecular complexity index is 1180. The first-order valence-corrected chi connectivity index (χ1v) is 12.7. The molecule has 0 saturated carbocycles. The fraction of sp³-hybridized carbons (Fsp3) is 0.286. The van der Waals surface area contributed by atoms with Gasteiger partial charge >= 0.3 is 0 Å². The third-order valence-electron chi connectivity index (χ3n) is 6.28. The summed E-state index contributed by atoms with van der Waals surface area (Å²) in [7, 11) is 0. The van der Waals surface area contributed by atoms with E-state index in [9.17, 15) is 4.79 Å². The molecule has 34 heavy (non-hydrogen) atoms. The fourth-order valence-electron chi connectivity index (χ4n) is 4.37. The zero-order chi connectivity index (χ0) is 23.2. The van der Waals surface area contributed by atoms with Crippen molar-refractivity contribution in [1.29, 1.82) is 0 Å². The van der Waals surface area contributed by atoms with Gasteiger partial charge in [-0.25, -0.2) is 4.98 Å². The van der Waals surface area contributed by atoms with Crippen molar-refractivity contribution in [2.24, 2.45) is 0 Å². The first-order chi connectivity index (χ1) is 16.7.